The molecule has 5 rings (SSSR count). The molecule has 0 aromatic heterocycles. The van der Waals surface area contributed by atoms with Crippen LogP contribution in [-0.4, -0.2) is 71.0 Å². The van der Waals surface area contributed by atoms with Gasteiger partial charge in [0.2, 0.25) is 0 Å². The monoisotopic (exact) mass is 371 g/mol. The van der Waals surface area contributed by atoms with Gasteiger partial charge in [0, 0.05) is 52.4 Å². The summed E-state index contributed by atoms with van der Waals surface area (Å²) >= 11 is 0. The summed E-state index contributed by atoms with van der Waals surface area (Å²) in [6.07, 6.45) is 0. The van der Waals surface area contributed by atoms with E-state index in [0.717, 1.165) is 52.4 Å². The average molecular weight is 371 g/mol. The lowest BCUT2D eigenvalue weighted by molar-refractivity contribution is 0.500. The van der Waals surface area contributed by atoms with Gasteiger partial charge in [0.05, 0.1) is 5.69 Å². The van der Waals surface area contributed by atoms with E-state index in [2.05, 4.69) is 0 Å². The summed E-state index contributed by atoms with van der Waals surface area (Å²) in [6, 6.07) is 5.92. The van der Waals surface area contributed by atoms with Crippen molar-refractivity contribution in [3.63, 3.8) is 0 Å². The molecule has 0 unspecified atom stereocenters. The minimum atomic E-state index is -3.11. The van der Waals surface area contributed by atoms with Crippen molar-refractivity contribution in [2.45, 2.75) is 0 Å². The Bertz CT molecular complexity index is 685. The smallest absolute Gasteiger partial charge is 0.263 e. The fourth-order valence-corrected chi connectivity index (χ4v) is 10.6. The van der Waals surface area contributed by atoms with Crippen LogP contribution in [0.5, 0.6) is 0 Å². The Labute approximate surface area is 140 Å². The number of halogens is 1. The Morgan fingerprint density at radius 3 is 1.33 bits per heavy atom. The number of hydrogen-bond acceptors (Lipinski definition) is 2. The number of benzene rings is 1. The molecule has 130 valence electrons. The molecule has 1 aromatic carbocycles. The van der Waals surface area contributed by atoms with Crippen molar-refractivity contribution in [1.29, 1.82) is 0 Å². The predicted octanol–water partition coefficient (Wildman–Crippen LogP) is 2.11. The van der Waals surface area contributed by atoms with Gasteiger partial charge in [0.15, 0.2) is 0 Å². The first-order valence-corrected chi connectivity index (χ1v) is 11.5. The van der Waals surface area contributed by atoms with E-state index in [4.69, 9.17) is 0 Å². The van der Waals surface area contributed by atoms with E-state index in [1.54, 1.807) is 16.6 Å². The first-order valence-electron chi connectivity index (χ1n) is 8.33. The minimum absolute atomic E-state index is 0.347. The Balaban J connectivity index is 1.67. The third-order valence-corrected chi connectivity index (χ3v) is 12.1. The largest absolute Gasteiger partial charge is 0.318 e. The Morgan fingerprint density at radius 1 is 0.708 bits per heavy atom. The van der Waals surface area contributed by atoms with Crippen molar-refractivity contribution >= 4 is 20.9 Å². The molecule has 0 atom stereocenters. The fourth-order valence-electron chi connectivity index (χ4n) is 3.09. The van der Waals surface area contributed by atoms with Gasteiger partial charge in [0.25, 0.3) is 0 Å². The maximum atomic E-state index is 14.1. The average Bonchev–Trinajstić information content (AvgIpc) is 3.35. The van der Waals surface area contributed by atoms with Crippen LogP contribution in [-0.2, 0) is 9.13 Å². The Hall–Kier alpha value is -0.750. The standard InChI is InChI=1S/C14H20FN5O2P2/c15-13-1-3-14(4-2-13)20(23(21,16-5-6-16)17-7-8-17)24(22,18-9-10-18)19-11-12-19/h1-4H,5-12H2. The van der Waals surface area contributed by atoms with Crippen LogP contribution in [0, 0.1) is 5.82 Å². The lowest BCUT2D eigenvalue weighted by atomic mass is 10.3. The van der Waals surface area contributed by atoms with Crippen LogP contribution in [0.25, 0.3) is 0 Å². The lowest BCUT2D eigenvalue weighted by Gasteiger charge is -2.40. The van der Waals surface area contributed by atoms with E-state index in [0.29, 0.717) is 5.69 Å². The highest BCUT2D eigenvalue weighted by atomic mass is 31.2. The van der Waals surface area contributed by atoms with Crippen LogP contribution in [0.1, 0.15) is 0 Å². The second-order valence-corrected chi connectivity index (χ2v) is 12.0. The van der Waals surface area contributed by atoms with Gasteiger partial charge in [-0.25, -0.2) is 27.5 Å². The van der Waals surface area contributed by atoms with Crippen LogP contribution >= 0.6 is 15.2 Å². The molecule has 4 fully saturated rings. The maximum absolute atomic E-state index is 14.1. The molecule has 4 saturated heterocycles. The summed E-state index contributed by atoms with van der Waals surface area (Å²) in [5, 5.41) is 0. The van der Waals surface area contributed by atoms with Crippen molar-refractivity contribution in [2.75, 3.05) is 56.8 Å². The van der Waals surface area contributed by atoms with Crippen LogP contribution < -0.4 is 4.44 Å². The van der Waals surface area contributed by atoms with E-state index in [-0.39, 0.29) is 5.82 Å². The Morgan fingerprint density at radius 2 is 1.04 bits per heavy atom. The molecule has 0 spiro atoms. The quantitative estimate of drug-likeness (QED) is 0.538. The zero-order valence-corrected chi connectivity index (χ0v) is 15.1. The van der Waals surface area contributed by atoms with Crippen molar-refractivity contribution in [2.24, 2.45) is 0 Å². The van der Waals surface area contributed by atoms with Crippen LogP contribution in [0.4, 0.5) is 10.1 Å². The molecule has 0 saturated carbocycles. The third-order valence-electron chi connectivity index (χ3n) is 4.72. The van der Waals surface area contributed by atoms with Gasteiger partial charge in [-0.2, -0.15) is 0 Å². The van der Waals surface area contributed by atoms with Crippen molar-refractivity contribution in [3.8, 4) is 0 Å². The van der Waals surface area contributed by atoms with Crippen LogP contribution in [0.15, 0.2) is 24.3 Å². The SMILES string of the molecule is O=P(N1CC1)(N1CC1)N(c1ccc(F)cc1)P(=O)(N1CC1)N1CC1. The zero-order valence-electron chi connectivity index (χ0n) is 13.3. The molecule has 1 aromatic rings. The van der Waals surface area contributed by atoms with Gasteiger partial charge < -0.3 is 0 Å². The molecular formula is C14H20FN5O2P2. The second kappa shape index (κ2) is 5.13. The second-order valence-electron chi connectivity index (χ2n) is 6.61. The van der Waals surface area contributed by atoms with Gasteiger partial charge in [-0.05, 0) is 24.3 Å². The van der Waals surface area contributed by atoms with Crippen molar-refractivity contribution in [1.82, 2.24) is 18.7 Å². The summed E-state index contributed by atoms with van der Waals surface area (Å²) in [7, 11) is -6.21. The highest BCUT2D eigenvalue weighted by Crippen LogP contribution is 2.78. The van der Waals surface area contributed by atoms with Crippen molar-refractivity contribution in [3.05, 3.63) is 30.1 Å². The Kier molecular flexibility index (Phi) is 3.31. The van der Waals surface area contributed by atoms with Gasteiger partial charge in [0.1, 0.15) is 5.82 Å². The first-order chi connectivity index (χ1) is 11.5. The molecule has 10 heteroatoms. The van der Waals surface area contributed by atoms with Gasteiger partial charge in [-0.15, -0.1) is 0 Å². The van der Waals surface area contributed by atoms with Gasteiger partial charge in [-0.1, -0.05) is 0 Å². The minimum Gasteiger partial charge on any atom is -0.263 e. The number of rotatable bonds is 7. The lowest BCUT2D eigenvalue weighted by Crippen LogP contribution is -2.30. The van der Waals surface area contributed by atoms with E-state index >= 15 is 0 Å². The van der Waals surface area contributed by atoms with Crippen LogP contribution in [0.3, 0.4) is 0 Å². The van der Waals surface area contributed by atoms with E-state index in [1.165, 1.54) is 12.1 Å². The molecule has 0 N–H and O–H groups in total. The summed E-state index contributed by atoms with van der Waals surface area (Å²) < 4.78 is 51.0. The molecule has 0 bridgehead atoms. The summed E-state index contributed by atoms with van der Waals surface area (Å²) in [5.41, 5.74) is 0.584. The molecule has 0 aliphatic carbocycles. The molecule has 4 aliphatic heterocycles. The number of anilines is 1. The molecule has 4 heterocycles. The predicted molar refractivity (Wildman–Crippen MR) is 90.4 cm³/mol. The fraction of sp³-hybridized carbons (Fsp3) is 0.571. The van der Waals surface area contributed by atoms with E-state index in [1.807, 2.05) is 18.7 Å². The molecule has 0 radical (unpaired) electrons. The van der Waals surface area contributed by atoms with E-state index in [9.17, 15) is 13.5 Å². The topological polar surface area (TPSA) is 49.4 Å². The zero-order chi connectivity index (χ0) is 16.5. The van der Waals surface area contributed by atoms with Gasteiger partial charge >= 0.3 is 15.2 Å². The highest BCUT2D eigenvalue weighted by molar-refractivity contribution is 7.79. The first kappa shape index (κ1) is 15.5. The number of hydrogen-bond donors (Lipinski definition) is 0. The van der Waals surface area contributed by atoms with Gasteiger partial charge in [-0.3, -0.25) is 9.13 Å². The molecule has 24 heavy (non-hydrogen) atoms. The van der Waals surface area contributed by atoms with Crippen LogP contribution in [0.2, 0.25) is 0 Å². The molecule has 0 amide bonds. The molecular weight excluding hydrogens is 351 g/mol. The molecule has 4 aliphatic rings. The summed E-state index contributed by atoms with van der Waals surface area (Å²) in [4.78, 5) is 0. The highest BCUT2D eigenvalue weighted by Gasteiger charge is 2.63. The van der Waals surface area contributed by atoms with Crippen molar-refractivity contribution < 1.29 is 13.5 Å². The molecule has 7 nitrogen and oxygen atoms in total. The summed E-state index contributed by atoms with van der Waals surface area (Å²) in [6.45, 7) is 6.04. The van der Waals surface area contributed by atoms with E-state index < -0.39 is 15.2 Å². The summed E-state index contributed by atoms with van der Waals surface area (Å²) in [5.74, 6) is -0.347. The normalized spacial score (nSPS) is 24.9. The number of nitrogens with zero attached hydrogens (tertiary/aromatic N) is 5. The third kappa shape index (κ3) is 2.32. The maximum Gasteiger partial charge on any atom is 0.318 e.